The molecule has 6 rings (SSSR count). The van der Waals surface area contributed by atoms with E-state index in [1.807, 2.05) is 36.4 Å². The molecular weight excluding hydrogens is 772 g/mol. The fourth-order valence-electron chi connectivity index (χ4n) is 8.43. The summed E-state index contributed by atoms with van der Waals surface area (Å²) in [5.41, 5.74) is 8.26. The van der Waals surface area contributed by atoms with E-state index in [0.29, 0.717) is 17.4 Å². The molecule has 0 aromatic heterocycles. The summed E-state index contributed by atoms with van der Waals surface area (Å²) in [7, 11) is 5.52. The van der Waals surface area contributed by atoms with Gasteiger partial charge in [0.15, 0.2) is 0 Å². The molecule has 0 saturated heterocycles. The first kappa shape index (κ1) is 42.5. The molecule has 0 spiro atoms. The third kappa shape index (κ3) is 13.2. The number of phenols is 1. The number of hydrogen-bond donors (Lipinski definition) is 1. The Morgan fingerprint density at radius 1 is 0.750 bits per heavy atom. The van der Waals surface area contributed by atoms with Crippen molar-refractivity contribution in [1.82, 2.24) is 0 Å². The van der Waals surface area contributed by atoms with Gasteiger partial charge in [-0.1, -0.05) is 65.2 Å². The van der Waals surface area contributed by atoms with E-state index in [9.17, 15) is 15.2 Å². The van der Waals surface area contributed by atoms with Gasteiger partial charge >= 0.3 is 65.9 Å². The quantitative estimate of drug-likeness (QED) is 0.0767. The topological polar surface area (TPSA) is 75.7 Å². The number of phenolic OH excluding ortho intramolecular Hbond substituents is 1. The van der Waals surface area contributed by atoms with Gasteiger partial charge in [0.1, 0.15) is 5.75 Å². The first-order chi connectivity index (χ1) is 25.2. The summed E-state index contributed by atoms with van der Waals surface area (Å²) < 4.78 is 2.06. The Morgan fingerprint density at radius 2 is 1.23 bits per heavy atom. The van der Waals surface area contributed by atoms with Crippen LogP contribution in [0.5, 0.6) is 5.75 Å². The van der Waals surface area contributed by atoms with Crippen molar-refractivity contribution in [2.24, 2.45) is 4.99 Å². The molecule has 1 N–H and O–H groups in total. The van der Waals surface area contributed by atoms with Crippen LogP contribution in [0.4, 0.5) is 11.4 Å². The molecule has 8 heteroatoms. The molecule has 0 heterocycles. The number of nitro groups is 1. The van der Waals surface area contributed by atoms with E-state index in [1.165, 1.54) is 47.0 Å². The third-order valence-electron chi connectivity index (χ3n) is 11.1. The summed E-state index contributed by atoms with van der Waals surface area (Å²) in [5.74, 6) is 0.571. The molecule has 3 aromatic carbocycles. The van der Waals surface area contributed by atoms with Gasteiger partial charge in [0.2, 0.25) is 0 Å². The van der Waals surface area contributed by atoms with Crippen LogP contribution < -0.4 is 0 Å². The fourth-order valence-corrected chi connectivity index (χ4v) is 14.7. The van der Waals surface area contributed by atoms with Crippen LogP contribution in [-0.2, 0) is 15.7 Å². The average Bonchev–Trinajstić information content (AvgIpc) is 3.17. The van der Waals surface area contributed by atoms with E-state index in [-0.39, 0.29) is 35.0 Å². The molecule has 0 atom stereocenters. The van der Waals surface area contributed by atoms with Crippen LogP contribution in [0.2, 0.25) is 0 Å². The first-order valence-electron chi connectivity index (χ1n) is 19.8. The molecule has 0 unspecified atom stereocenters. The molecule has 52 heavy (non-hydrogen) atoms. The van der Waals surface area contributed by atoms with Gasteiger partial charge in [-0.2, -0.15) is 0 Å². The van der Waals surface area contributed by atoms with Crippen molar-refractivity contribution in [3.63, 3.8) is 0 Å². The summed E-state index contributed by atoms with van der Waals surface area (Å²) >= 11 is -0.0765. The van der Waals surface area contributed by atoms with Crippen molar-refractivity contribution in [2.75, 3.05) is 0 Å². The molecule has 0 aliphatic heterocycles. The second kappa shape index (κ2) is 22.8. The number of hydrogen-bond acceptors (Lipinski definition) is 4. The number of aliphatic imine (C=N–C) groups is 1. The van der Waals surface area contributed by atoms with Crippen molar-refractivity contribution < 1.29 is 25.7 Å². The summed E-state index contributed by atoms with van der Waals surface area (Å²) in [6, 6.07) is 20.1. The monoisotopic (exact) mass is 834 g/mol. The van der Waals surface area contributed by atoms with Crippen LogP contribution in [-0.4, -0.2) is 37.8 Å². The van der Waals surface area contributed by atoms with Gasteiger partial charge < -0.3 is 5.11 Å². The molecule has 285 valence electrons. The second-order valence-electron chi connectivity index (χ2n) is 15.4. The van der Waals surface area contributed by atoms with E-state index in [4.69, 9.17) is 9.69 Å². The standard InChI is InChI=1S/C19H22N2O3.C18H33P.C7H6.ClH.Ru/c1-12(2)16-6-5-7-17(13(3)4)19(16)20-11-14-10-15(21(23)24)8-9-18(14)22;1-4-10-16(11-5-1)19(17-12-6-2-7-13-17)18-14-8-3-9-15-18;1-7-5-3-2-4-6-7;;/h5-13,22H,1-4H3;16-18H,1-15H2;1-6H;1H;/q;;;;+1. The first-order valence-corrected chi connectivity index (χ1v) is 24.8. The molecule has 3 fully saturated rings. The minimum absolute atomic E-state index is 0.0301. The zero-order valence-corrected chi connectivity index (χ0v) is 35.4. The maximum atomic E-state index is 10.9. The number of non-ortho nitro benzene ring substituents is 1. The van der Waals surface area contributed by atoms with Crippen molar-refractivity contribution in [1.29, 1.82) is 0 Å². The van der Waals surface area contributed by atoms with Crippen molar-refractivity contribution >= 4 is 39.8 Å². The van der Waals surface area contributed by atoms with Crippen LogP contribution in [0, 0.1) is 10.1 Å². The number of halogens is 1. The minimum atomic E-state index is -0.488. The Balaban J connectivity index is 0.000000191. The van der Waals surface area contributed by atoms with E-state index in [0.717, 1.165) is 16.8 Å². The Kier molecular flexibility index (Phi) is 18.7. The Morgan fingerprint density at radius 3 is 1.65 bits per heavy atom. The number of nitrogens with zero attached hydrogens (tertiary/aromatic N) is 2. The van der Waals surface area contributed by atoms with E-state index < -0.39 is 4.92 Å². The van der Waals surface area contributed by atoms with E-state index in [2.05, 4.69) is 49.4 Å². The molecular formula is C44H62ClN2O3PRu+. The second-order valence-corrected chi connectivity index (χ2v) is 20.7. The van der Waals surface area contributed by atoms with Gasteiger partial charge in [-0.15, -0.1) is 0 Å². The number of benzene rings is 3. The van der Waals surface area contributed by atoms with E-state index in [1.54, 1.807) is 96.3 Å². The molecule has 5 nitrogen and oxygen atoms in total. The van der Waals surface area contributed by atoms with Crippen LogP contribution in [0.25, 0.3) is 0 Å². The van der Waals surface area contributed by atoms with Gasteiger partial charge in [-0.25, -0.2) is 0 Å². The molecule has 0 radical (unpaired) electrons. The van der Waals surface area contributed by atoms with Gasteiger partial charge in [0.05, 0.1) is 27.6 Å². The summed E-state index contributed by atoms with van der Waals surface area (Å²) in [5, 5.41) is 20.8. The van der Waals surface area contributed by atoms with Gasteiger partial charge in [-0.05, 0) is 106 Å². The van der Waals surface area contributed by atoms with Crippen molar-refractivity contribution in [3.8, 4) is 5.75 Å². The third-order valence-corrected chi connectivity index (χ3v) is 16.9. The summed E-state index contributed by atoms with van der Waals surface area (Å²) in [6.45, 7) is 8.40. The van der Waals surface area contributed by atoms with Gasteiger partial charge in [0, 0.05) is 31.8 Å². The summed E-state index contributed by atoms with van der Waals surface area (Å²) in [4.78, 5) is 15.0. The SMILES string of the molecule is C1CCC([PH+](C2CCCCC2)C2CCCCC2)CC1.CC(C)c1cccc(C(C)C)c1N=Cc1cc([N+](=O)[O-])ccc1O.[Cl][Ru]=[CH]c1ccccc1. The molecule has 3 aliphatic rings. The molecule has 0 bridgehead atoms. The Hall–Kier alpha value is -2.26. The number of nitro benzene ring substituents is 1. The van der Waals surface area contributed by atoms with Gasteiger partial charge in [-0.3, -0.25) is 15.1 Å². The maximum absolute atomic E-state index is 10.9. The van der Waals surface area contributed by atoms with E-state index >= 15 is 0 Å². The fraction of sp³-hybridized carbons (Fsp3) is 0.545. The Bertz CT molecular complexity index is 1490. The predicted octanol–water partition coefficient (Wildman–Crippen LogP) is 13.6. The Labute approximate surface area is 326 Å². The molecule has 3 aliphatic carbocycles. The molecule has 3 saturated carbocycles. The predicted molar refractivity (Wildman–Crippen MR) is 223 cm³/mol. The van der Waals surface area contributed by atoms with Crippen LogP contribution >= 0.6 is 17.6 Å². The number of aromatic hydroxyl groups is 1. The summed E-state index contributed by atoms with van der Waals surface area (Å²) in [6.07, 6.45) is 25.3. The number of rotatable bonds is 9. The van der Waals surface area contributed by atoms with Crippen LogP contribution in [0.3, 0.4) is 0 Å². The molecule has 3 aromatic rings. The van der Waals surface area contributed by atoms with Crippen molar-refractivity contribution in [2.45, 2.75) is 153 Å². The normalized spacial score (nSPS) is 17.8. The zero-order chi connectivity index (χ0) is 37.3. The van der Waals surface area contributed by atoms with Crippen LogP contribution in [0.1, 0.15) is 158 Å². The molecule has 0 amide bonds. The number of para-hydroxylation sites is 1. The van der Waals surface area contributed by atoms with Crippen LogP contribution in [0.15, 0.2) is 71.7 Å². The van der Waals surface area contributed by atoms with Crippen molar-refractivity contribution in [3.05, 3.63) is 99.1 Å². The van der Waals surface area contributed by atoms with Gasteiger partial charge in [0.25, 0.3) is 5.69 Å². The zero-order valence-electron chi connectivity index (χ0n) is 31.9. The average molecular weight is 834 g/mol.